The van der Waals surface area contributed by atoms with Gasteiger partial charge in [-0.1, -0.05) is 13.0 Å². The molecule has 9 nitrogen and oxygen atoms in total. The lowest BCUT2D eigenvalue weighted by molar-refractivity contribution is -0.432. The van der Waals surface area contributed by atoms with Gasteiger partial charge in [-0.05, 0) is 57.4 Å². The second-order valence-electron chi connectivity index (χ2n) is 8.98. The third kappa shape index (κ3) is 4.41. The summed E-state index contributed by atoms with van der Waals surface area (Å²) in [4.78, 5) is 35.5. The number of nitrogens with zero attached hydrogens (tertiary/aromatic N) is 2. The summed E-state index contributed by atoms with van der Waals surface area (Å²) in [6.07, 6.45) is 0.515. The van der Waals surface area contributed by atoms with Crippen molar-refractivity contribution in [1.82, 2.24) is 0 Å². The van der Waals surface area contributed by atoms with Crippen LogP contribution in [0, 0.1) is 20.8 Å². The van der Waals surface area contributed by atoms with Gasteiger partial charge in [-0.25, -0.2) is 0 Å². The van der Waals surface area contributed by atoms with Gasteiger partial charge in [-0.3, -0.25) is 14.9 Å². The zero-order chi connectivity index (χ0) is 25.6. The highest BCUT2D eigenvalue weighted by atomic mass is 19.1. The van der Waals surface area contributed by atoms with Crippen LogP contribution in [0.15, 0.2) is 36.1 Å². The average Bonchev–Trinajstić information content (AvgIpc) is 2.72. The molecule has 0 spiro atoms. The molecule has 0 radical (unpaired) electrons. The van der Waals surface area contributed by atoms with Crippen molar-refractivity contribution in [2.45, 2.75) is 52.2 Å². The van der Waals surface area contributed by atoms with Crippen molar-refractivity contribution in [1.29, 1.82) is 0 Å². The van der Waals surface area contributed by atoms with Crippen molar-refractivity contribution < 1.29 is 33.4 Å². The topological polar surface area (TPSA) is 119 Å². The van der Waals surface area contributed by atoms with E-state index < -0.39 is 44.9 Å². The van der Waals surface area contributed by atoms with Crippen LogP contribution >= 0.6 is 0 Å². The maximum atomic E-state index is 14.4. The molecular formula is C24H26FN2O7+. The third-order valence-corrected chi connectivity index (χ3v) is 5.62. The molecule has 2 aromatic carbocycles. The number of ketones is 1. The first-order valence-corrected chi connectivity index (χ1v) is 10.6. The predicted octanol–water partition coefficient (Wildman–Crippen LogP) is 5.55. The van der Waals surface area contributed by atoms with E-state index in [1.54, 1.807) is 33.8 Å². The zero-order valence-electron chi connectivity index (χ0n) is 19.8. The van der Waals surface area contributed by atoms with Gasteiger partial charge in [0, 0.05) is 15.7 Å². The van der Waals surface area contributed by atoms with Crippen molar-refractivity contribution in [3.8, 4) is 11.5 Å². The lowest BCUT2D eigenvalue weighted by Gasteiger charge is -2.40. The lowest BCUT2D eigenvalue weighted by atomic mass is 9.81. The number of benzene rings is 2. The van der Waals surface area contributed by atoms with E-state index in [0.717, 1.165) is 24.7 Å². The van der Waals surface area contributed by atoms with Crippen LogP contribution in [0.1, 0.15) is 45.7 Å². The van der Waals surface area contributed by atoms with Crippen LogP contribution in [-0.2, 0) is 16.0 Å². The number of carbonyl (C=O) groups excluding carboxylic acids is 1. The number of aliphatic hydroxyl groups excluding tert-OH is 1. The van der Waals surface area contributed by atoms with Gasteiger partial charge in [0.05, 0.1) is 16.6 Å². The number of ether oxygens (including phenoxy) is 2. The molecule has 0 amide bonds. The number of Topliss-reactive ketones (excluding diaryl/α,β-unsaturated/α-hetero) is 1. The summed E-state index contributed by atoms with van der Waals surface area (Å²) in [7, 11) is 1.02. The van der Waals surface area contributed by atoms with Crippen molar-refractivity contribution in [2.75, 3.05) is 7.05 Å². The van der Waals surface area contributed by atoms with Gasteiger partial charge in [0.25, 0.3) is 5.69 Å². The van der Waals surface area contributed by atoms with Crippen molar-refractivity contribution in [3.05, 3.63) is 68.1 Å². The fourth-order valence-electron chi connectivity index (χ4n) is 3.98. The van der Waals surface area contributed by atoms with E-state index in [1.807, 2.05) is 6.92 Å². The number of nitroso groups, excluding NO2 is 1. The van der Waals surface area contributed by atoms with E-state index in [9.17, 15) is 29.3 Å². The molecule has 1 aliphatic rings. The molecule has 0 aliphatic carbocycles. The number of halogens is 1. The summed E-state index contributed by atoms with van der Waals surface area (Å²) >= 11 is 0. The van der Waals surface area contributed by atoms with Crippen LogP contribution in [0.3, 0.4) is 0 Å². The van der Waals surface area contributed by atoms with Crippen LogP contribution in [0.2, 0.25) is 0 Å². The Morgan fingerprint density at radius 3 is 2.29 bits per heavy atom. The minimum absolute atomic E-state index is 0.0626. The highest BCUT2D eigenvalue weighted by Crippen LogP contribution is 2.43. The summed E-state index contributed by atoms with van der Waals surface area (Å²) in [5.41, 5.74) is -2.30. The number of nitro benzene ring substituents is 1. The van der Waals surface area contributed by atoms with E-state index in [0.29, 0.717) is 12.0 Å². The molecule has 180 valence electrons. The Kier molecular flexibility index (Phi) is 6.32. The van der Waals surface area contributed by atoms with Gasteiger partial charge < -0.3 is 14.6 Å². The standard InChI is InChI=1S/C24H25FN2O7/c1-7-13-8-9-14(33-19-11-16(25)17(26(6)30)12-18(19)27(31)32)10-15(13)20-21(28)23(2,3)34-24(4,5)22(20)29/h8-12H,7H2,1-6H3/p+1. The lowest BCUT2D eigenvalue weighted by Crippen LogP contribution is -2.49. The largest absolute Gasteiger partial charge is 0.508 e. The normalized spacial score (nSPS) is 17.0. The quantitative estimate of drug-likeness (QED) is 0.332. The molecule has 0 aromatic heterocycles. The van der Waals surface area contributed by atoms with E-state index in [1.165, 1.54) is 12.1 Å². The van der Waals surface area contributed by atoms with Crippen LogP contribution in [0.25, 0.3) is 5.57 Å². The zero-order valence-corrected chi connectivity index (χ0v) is 19.8. The highest BCUT2D eigenvalue weighted by Gasteiger charge is 2.47. The van der Waals surface area contributed by atoms with Crippen LogP contribution in [0.4, 0.5) is 15.8 Å². The second-order valence-corrected chi connectivity index (χ2v) is 8.98. The molecule has 0 unspecified atom stereocenters. The molecule has 1 aliphatic heterocycles. The Balaban J connectivity index is 2.17. The second kappa shape index (κ2) is 8.60. The van der Waals surface area contributed by atoms with Crippen LogP contribution < -0.4 is 4.74 Å². The molecular weight excluding hydrogens is 447 g/mol. The number of hydrogen-bond donors (Lipinski definition) is 1. The maximum Gasteiger partial charge on any atom is 0.318 e. The first-order chi connectivity index (χ1) is 15.7. The number of nitro groups is 1. The molecule has 10 heteroatoms. The van der Waals surface area contributed by atoms with Gasteiger partial charge in [0.15, 0.2) is 12.8 Å². The van der Waals surface area contributed by atoms with E-state index in [-0.39, 0.29) is 21.8 Å². The van der Waals surface area contributed by atoms with Crippen molar-refractivity contribution in [3.63, 3.8) is 0 Å². The SMILES string of the molecule is CCc1ccc(Oc2cc(F)c([N+](C)=O)cc2[N+](=O)[O-])cc1C1=C(O)C(C)(C)OC(C)(C)C1=O. The fourth-order valence-corrected chi connectivity index (χ4v) is 3.98. The highest BCUT2D eigenvalue weighted by molar-refractivity contribution is 6.26. The molecule has 0 saturated carbocycles. The van der Waals surface area contributed by atoms with Gasteiger partial charge in [0.1, 0.15) is 22.7 Å². The summed E-state index contributed by atoms with van der Waals surface area (Å²) in [6, 6.07) is 6.21. The van der Waals surface area contributed by atoms with E-state index in [4.69, 9.17) is 9.47 Å². The Morgan fingerprint density at radius 2 is 1.74 bits per heavy atom. The Morgan fingerprint density at radius 1 is 1.09 bits per heavy atom. The molecule has 1 heterocycles. The Labute approximate surface area is 195 Å². The third-order valence-electron chi connectivity index (χ3n) is 5.62. The number of rotatable bonds is 6. The maximum absolute atomic E-state index is 14.4. The molecule has 0 bridgehead atoms. The monoisotopic (exact) mass is 473 g/mol. The molecule has 0 atom stereocenters. The molecule has 3 rings (SSSR count). The summed E-state index contributed by atoms with van der Waals surface area (Å²) < 4.78 is 26.0. The smallest absolute Gasteiger partial charge is 0.318 e. The minimum atomic E-state index is -1.21. The van der Waals surface area contributed by atoms with Gasteiger partial charge in [-0.2, -0.15) is 4.39 Å². The van der Waals surface area contributed by atoms with Crippen LogP contribution in [0.5, 0.6) is 11.5 Å². The van der Waals surface area contributed by atoms with Gasteiger partial charge >= 0.3 is 5.69 Å². The minimum Gasteiger partial charge on any atom is -0.508 e. The fraction of sp³-hybridized carbons (Fsp3) is 0.375. The average molecular weight is 473 g/mol. The van der Waals surface area contributed by atoms with Crippen LogP contribution in [-0.4, -0.2) is 38.8 Å². The first-order valence-electron chi connectivity index (χ1n) is 10.6. The molecule has 2 aromatic rings. The molecule has 0 fully saturated rings. The number of hydrogen-bond acceptors (Lipinski definition) is 7. The molecule has 0 saturated heterocycles. The number of aryl methyl sites for hydroxylation is 1. The summed E-state index contributed by atoms with van der Waals surface area (Å²) in [6.45, 7) is 8.37. The van der Waals surface area contributed by atoms with Gasteiger partial charge in [0.2, 0.25) is 11.6 Å². The summed E-state index contributed by atoms with van der Waals surface area (Å²) in [5, 5.41) is 22.4. The van der Waals surface area contributed by atoms with Crippen molar-refractivity contribution in [2.24, 2.45) is 0 Å². The number of carbonyl (C=O) groups is 1. The Hall–Kier alpha value is -3.66. The molecule has 34 heavy (non-hydrogen) atoms. The first kappa shape index (κ1) is 25.0. The predicted molar refractivity (Wildman–Crippen MR) is 122 cm³/mol. The van der Waals surface area contributed by atoms with E-state index >= 15 is 0 Å². The Bertz CT molecular complexity index is 1250. The molecule has 1 N–H and O–H groups in total. The number of aliphatic hydroxyl groups is 1. The van der Waals surface area contributed by atoms with E-state index in [2.05, 4.69) is 0 Å². The van der Waals surface area contributed by atoms with Gasteiger partial charge in [-0.15, -0.1) is 0 Å². The summed E-state index contributed by atoms with van der Waals surface area (Å²) in [5.74, 6) is -2.01. The van der Waals surface area contributed by atoms with Crippen molar-refractivity contribution >= 4 is 22.7 Å².